The summed E-state index contributed by atoms with van der Waals surface area (Å²) in [6.45, 7) is 2.11. The van der Waals surface area contributed by atoms with E-state index in [0.717, 1.165) is 13.0 Å². The Morgan fingerprint density at radius 1 is 1.56 bits per heavy atom. The van der Waals surface area contributed by atoms with E-state index in [2.05, 4.69) is 15.3 Å². The maximum Gasteiger partial charge on any atom is 0.271 e. The van der Waals surface area contributed by atoms with E-state index in [4.69, 9.17) is 10.5 Å². The Labute approximate surface area is 93.2 Å². The van der Waals surface area contributed by atoms with E-state index in [0.29, 0.717) is 24.9 Å². The molecule has 0 radical (unpaired) electrons. The first-order valence-corrected chi connectivity index (χ1v) is 5.19. The van der Waals surface area contributed by atoms with Gasteiger partial charge in [0.2, 0.25) is 0 Å². The number of ether oxygens (including phenoxy) is 1. The van der Waals surface area contributed by atoms with Crippen molar-refractivity contribution >= 4 is 11.7 Å². The molecule has 0 bridgehead atoms. The van der Waals surface area contributed by atoms with Gasteiger partial charge in [0.15, 0.2) is 0 Å². The first-order valence-electron chi connectivity index (χ1n) is 5.19. The minimum absolute atomic E-state index is 0.223. The number of carbonyl (C=O) groups is 1. The molecule has 1 unspecified atom stereocenters. The van der Waals surface area contributed by atoms with E-state index in [9.17, 15) is 4.79 Å². The molecular formula is C10H14N4O2. The Balaban J connectivity index is 1.85. The highest BCUT2D eigenvalue weighted by Gasteiger charge is 2.17. The molecule has 0 spiro atoms. The summed E-state index contributed by atoms with van der Waals surface area (Å²) in [4.78, 5) is 19.3. The second kappa shape index (κ2) is 4.89. The number of rotatable bonds is 3. The van der Waals surface area contributed by atoms with Crippen LogP contribution in [0, 0.1) is 5.92 Å². The zero-order chi connectivity index (χ0) is 11.4. The van der Waals surface area contributed by atoms with Crippen LogP contribution in [0.25, 0.3) is 0 Å². The molecule has 1 aliphatic rings. The Morgan fingerprint density at radius 2 is 2.44 bits per heavy atom. The third-order valence-electron chi connectivity index (χ3n) is 2.48. The Hall–Kier alpha value is -1.69. The third kappa shape index (κ3) is 2.66. The molecule has 3 N–H and O–H groups in total. The molecule has 1 atom stereocenters. The van der Waals surface area contributed by atoms with Gasteiger partial charge in [0, 0.05) is 19.1 Å². The van der Waals surface area contributed by atoms with Gasteiger partial charge in [0.25, 0.3) is 5.91 Å². The normalized spacial score (nSPS) is 19.6. The smallest absolute Gasteiger partial charge is 0.271 e. The van der Waals surface area contributed by atoms with Crippen LogP contribution in [0.2, 0.25) is 0 Å². The van der Waals surface area contributed by atoms with Crippen molar-refractivity contribution in [2.45, 2.75) is 6.42 Å². The van der Waals surface area contributed by atoms with E-state index in [-0.39, 0.29) is 11.6 Å². The molecule has 0 aromatic carbocycles. The molecule has 1 aromatic heterocycles. The van der Waals surface area contributed by atoms with Crippen LogP contribution in [0.4, 0.5) is 5.82 Å². The Morgan fingerprint density at radius 3 is 3.06 bits per heavy atom. The average molecular weight is 222 g/mol. The minimum atomic E-state index is -0.223. The molecule has 0 saturated carbocycles. The van der Waals surface area contributed by atoms with Crippen molar-refractivity contribution in [3.63, 3.8) is 0 Å². The predicted molar refractivity (Wildman–Crippen MR) is 57.7 cm³/mol. The maximum atomic E-state index is 11.6. The molecule has 1 fully saturated rings. The lowest BCUT2D eigenvalue weighted by atomic mass is 10.1. The summed E-state index contributed by atoms with van der Waals surface area (Å²) in [5.74, 6) is 0.492. The lowest BCUT2D eigenvalue weighted by Crippen LogP contribution is -2.30. The number of nitrogens with two attached hydrogens (primary N) is 1. The molecule has 1 aromatic rings. The second-order valence-electron chi connectivity index (χ2n) is 3.77. The molecule has 86 valence electrons. The van der Waals surface area contributed by atoms with Crippen molar-refractivity contribution < 1.29 is 9.53 Å². The van der Waals surface area contributed by atoms with Crippen molar-refractivity contribution in [3.05, 3.63) is 18.1 Å². The van der Waals surface area contributed by atoms with E-state index in [1.54, 1.807) is 0 Å². The van der Waals surface area contributed by atoms with Gasteiger partial charge in [-0.15, -0.1) is 0 Å². The van der Waals surface area contributed by atoms with Gasteiger partial charge in [-0.2, -0.15) is 0 Å². The van der Waals surface area contributed by atoms with Crippen molar-refractivity contribution in [2.24, 2.45) is 5.92 Å². The summed E-state index contributed by atoms with van der Waals surface area (Å²) >= 11 is 0. The predicted octanol–water partition coefficient (Wildman–Crippen LogP) is -0.175. The number of anilines is 1. The van der Waals surface area contributed by atoms with E-state index < -0.39 is 0 Å². The van der Waals surface area contributed by atoms with Crippen LogP contribution >= 0.6 is 0 Å². The van der Waals surface area contributed by atoms with Crippen LogP contribution in [-0.4, -0.2) is 35.6 Å². The second-order valence-corrected chi connectivity index (χ2v) is 3.77. The molecule has 6 nitrogen and oxygen atoms in total. The zero-order valence-corrected chi connectivity index (χ0v) is 8.85. The van der Waals surface area contributed by atoms with Crippen molar-refractivity contribution in [1.82, 2.24) is 15.3 Å². The standard InChI is InChI=1S/C10H14N4O2/c11-9-5-12-8(4-13-9)10(15)14-3-7-1-2-16-6-7/h4-5,7H,1-3,6H2,(H2,11,13)(H,14,15). The fraction of sp³-hybridized carbons (Fsp3) is 0.500. The highest BCUT2D eigenvalue weighted by molar-refractivity contribution is 5.91. The molecule has 2 rings (SSSR count). The van der Waals surface area contributed by atoms with E-state index >= 15 is 0 Å². The van der Waals surface area contributed by atoms with Gasteiger partial charge in [0.05, 0.1) is 19.0 Å². The van der Waals surface area contributed by atoms with Crippen LogP contribution in [0.5, 0.6) is 0 Å². The van der Waals surface area contributed by atoms with Gasteiger partial charge >= 0.3 is 0 Å². The van der Waals surface area contributed by atoms with Gasteiger partial charge in [-0.3, -0.25) is 4.79 Å². The average Bonchev–Trinajstić information content (AvgIpc) is 2.80. The molecule has 6 heteroatoms. The van der Waals surface area contributed by atoms with Gasteiger partial charge in [-0.1, -0.05) is 0 Å². The lowest BCUT2D eigenvalue weighted by Gasteiger charge is -2.08. The number of aromatic nitrogens is 2. The third-order valence-corrected chi connectivity index (χ3v) is 2.48. The van der Waals surface area contributed by atoms with Gasteiger partial charge in [-0.05, 0) is 6.42 Å². The molecular weight excluding hydrogens is 208 g/mol. The summed E-state index contributed by atoms with van der Waals surface area (Å²) in [7, 11) is 0. The fourth-order valence-corrected chi connectivity index (χ4v) is 1.53. The van der Waals surface area contributed by atoms with Crippen LogP contribution in [0.3, 0.4) is 0 Å². The zero-order valence-electron chi connectivity index (χ0n) is 8.85. The number of amides is 1. The van der Waals surface area contributed by atoms with Crippen molar-refractivity contribution in [1.29, 1.82) is 0 Å². The summed E-state index contributed by atoms with van der Waals surface area (Å²) in [6, 6.07) is 0. The largest absolute Gasteiger partial charge is 0.382 e. The van der Waals surface area contributed by atoms with E-state index in [1.165, 1.54) is 12.4 Å². The number of hydrogen-bond acceptors (Lipinski definition) is 5. The summed E-state index contributed by atoms with van der Waals surface area (Å²) in [5, 5.41) is 2.80. The van der Waals surface area contributed by atoms with Crippen LogP contribution in [0.15, 0.2) is 12.4 Å². The number of nitrogens with one attached hydrogen (secondary N) is 1. The molecule has 1 amide bonds. The van der Waals surface area contributed by atoms with Gasteiger partial charge in [-0.25, -0.2) is 9.97 Å². The topological polar surface area (TPSA) is 90.1 Å². The van der Waals surface area contributed by atoms with Crippen LogP contribution < -0.4 is 11.1 Å². The maximum absolute atomic E-state index is 11.6. The van der Waals surface area contributed by atoms with Crippen LogP contribution in [-0.2, 0) is 4.74 Å². The number of carbonyl (C=O) groups excluding carboxylic acids is 1. The highest BCUT2D eigenvalue weighted by Crippen LogP contribution is 2.10. The molecule has 0 aliphatic carbocycles. The minimum Gasteiger partial charge on any atom is -0.382 e. The van der Waals surface area contributed by atoms with Crippen molar-refractivity contribution in [3.8, 4) is 0 Å². The van der Waals surface area contributed by atoms with Crippen molar-refractivity contribution in [2.75, 3.05) is 25.5 Å². The summed E-state index contributed by atoms with van der Waals surface area (Å²) in [6.07, 6.45) is 3.73. The summed E-state index contributed by atoms with van der Waals surface area (Å²) < 4.78 is 5.22. The van der Waals surface area contributed by atoms with Gasteiger partial charge in [0.1, 0.15) is 11.5 Å². The fourth-order valence-electron chi connectivity index (χ4n) is 1.53. The van der Waals surface area contributed by atoms with Crippen LogP contribution in [0.1, 0.15) is 16.9 Å². The van der Waals surface area contributed by atoms with E-state index in [1.807, 2.05) is 0 Å². The molecule has 2 heterocycles. The first-order chi connectivity index (χ1) is 7.75. The quantitative estimate of drug-likeness (QED) is 0.740. The van der Waals surface area contributed by atoms with Gasteiger partial charge < -0.3 is 15.8 Å². The monoisotopic (exact) mass is 222 g/mol. The Kier molecular flexibility index (Phi) is 3.31. The Bertz CT molecular complexity index is 360. The lowest BCUT2D eigenvalue weighted by molar-refractivity contribution is 0.0939. The first kappa shape index (κ1) is 10.8. The molecule has 1 saturated heterocycles. The SMILES string of the molecule is Nc1cnc(C(=O)NCC2CCOC2)cn1. The number of nitrogens with zero attached hydrogens (tertiary/aromatic N) is 2. The number of nitrogen functional groups attached to an aromatic ring is 1. The molecule has 16 heavy (non-hydrogen) atoms. The highest BCUT2D eigenvalue weighted by atomic mass is 16.5. The number of hydrogen-bond donors (Lipinski definition) is 2. The summed E-state index contributed by atoms with van der Waals surface area (Å²) in [5.41, 5.74) is 5.66. The molecule has 1 aliphatic heterocycles.